The van der Waals surface area contributed by atoms with Gasteiger partial charge in [0.2, 0.25) is 0 Å². The topological polar surface area (TPSA) is 73.9 Å². The predicted molar refractivity (Wildman–Crippen MR) is 104 cm³/mol. The van der Waals surface area contributed by atoms with Gasteiger partial charge in [0, 0.05) is 5.69 Å². The van der Waals surface area contributed by atoms with E-state index < -0.39 is 5.97 Å². The van der Waals surface area contributed by atoms with Gasteiger partial charge in [-0.15, -0.1) is 0 Å². The van der Waals surface area contributed by atoms with Gasteiger partial charge < -0.3 is 19.5 Å². The van der Waals surface area contributed by atoms with Crippen molar-refractivity contribution in [3.05, 3.63) is 53.1 Å². The third kappa shape index (κ3) is 5.00. The van der Waals surface area contributed by atoms with E-state index in [1.807, 2.05) is 25.1 Å². The third-order valence-electron chi connectivity index (χ3n) is 4.15. The first-order valence-corrected chi connectivity index (χ1v) is 8.65. The second kappa shape index (κ2) is 9.07. The molecule has 6 heteroatoms. The molecule has 0 unspecified atom stereocenters. The summed E-state index contributed by atoms with van der Waals surface area (Å²) in [6, 6.07) is 10.5. The van der Waals surface area contributed by atoms with Gasteiger partial charge in [-0.2, -0.15) is 0 Å². The molecule has 0 spiro atoms. The van der Waals surface area contributed by atoms with Crippen LogP contribution in [0.15, 0.2) is 36.4 Å². The second-order valence-electron chi connectivity index (χ2n) is 6.39. The highest BCUT2D eigenvalue weighted by Gasteiger charge is 2.16. The summed E-state index contributed by atoms with van der Waals surface area (Å²) in [4.78, 5) is 24.5. The molecule has 0 aliphatic carbocycles. The fraction of sp³-hybridized carbons (Fsp3) is 0.333. The molecule has 27 heavy (non-hydrogen) atoms. The SMILES string of the molecule is COc1ccc(C(=O)OCC(=O)Nc2c(C)cccc2C(C)C)cc1OC. The summed E-state index contributed by atoms with van der Waals surface area (Å²) in [6.07, 6.45) is 0. The zero-order chi connectivity index (χ0) is 20.0. The van der Waals surface area contributed by atoms with Crippen LogP contribution >= 0.6 is 0 Å². The van der Waals surface area contributed by atoms with Crippen LogP contribution in [0, 0.1) is 6.92 Å². The number of benzene rings is 2. The van der Waals surface area contributed by atoms with E-state index in [-0.39, 0.29) is 24.0 Å². The van der Waals surface area contributed by atoms with Crippen LogP contribution in [-0.2, 0) is 9.53 Å². The number of ether oxygens (including phenoxy) is 3. The number of para-hydroxylation sites is 1. The summed E-state index contributed by atoms with van der Waals surface area (Å²) in [5.41, 5.74) is 3.04. The molecule has 0 fully saturated rings. The normalized spacial score (nSPS) is 10.4. The number of nitrogens with one attached hydrogen (secondary N) is 1. The maximum atomic E-state index is 12.3. The first-order chi connectivity index (χ1) is 12.9. The Labute approximate surface area is 159 Å². The number of carbonyl (C=O) groups excluding carboxylic acids is 2. The molecule has 0 atom stereocenters. The molecule has 0 saturated heterocycles. The lowest BCUT2D eigenvalue weighted by Gasteiger charge is -2.16. The molecule has 2 aromatic rings. The van der Waals surface area contributed by atoms with Crippen molar-refractivity contribution in [3.8, 4) is 11.5 Å². The average molecular weight is 371 g/mol. The Balaban J connectivity index is 2.03. The van der Waals surface area contributed by atoms with Gasteiger partial charge in [0.1, 0.15) is 0 Å². The predicted octanol–water partition coefficient (Wildman–Crippen LogP) is 3.93. The smallest absolute Gasteiger partial charge is 0.338 e. The molecular formula is C21H25NO5. The summed E-state index contributed by atoms with van der Waals surface area (Å²) in [7, 11) is 2.99. The minimum absolute atomic E-state index is 0.259. The molecule has 0 aromatic heterocycles. The van der Waals surface area contributed by atoms with Gasteiger partial charge in [-0.25, -0.2) is 4.79 Å². The van der Waals surface area contributed by atoms with Crippen molar-refractivity contribution in [1.82, 2.24) is 0 Å². The zero-order valence-electron chi connectivity index (χ0n) is 16.3. The van der Waals surface area contributed by atoms with Gasteiger partial charge in [-0.05, 0) is 42.2 Å². The maximum Gasteiger partial charge on any atom is 0.338 e. The zero-order valence-corrected chi connectivity index (χ0v) is 16.3. The number of hydrogen-bond acceptors (Lipinski definition) is 5. The lowest BCUT2D eigenvalue weighted by Crippen LogP contribution is -2.22. The molecule has 1 amide bonds. The first-order valence-electron chi connectivity index (χ1n) is 8.65. The fourth-order valence-electron chi connectivity index (χ4n) is 2.70. The Morgan fingerprint density at radius 2 is 1.74 bits per heavy atom. The number of esters is 1. The van der Waals surface area contributed by atoms with Crippen LogP contribution in [0.3, 0.4) is 0 Å². The molecule has 1 N–H and O–H groups in total. The molecule has 144 valence electrons. The van der Waals surface area contributed by atoms with Crippen LogP contribution in [0.5, 0.6) is 11.5 Å². The molecule has 2 aromatic carbocycles. The van der Waals surface area contributed by atoms with Gasteiger partial charge in [-0.1, -0.05) is 32.0 Å². The lowest BCUT2D eigenvalue weighted by atomic mass is 9.98. The maximum absolute atomic E-state index is 12.3. The van der Waals surface area contributed by atoms with Crippen molar-refractivity contribution in [3.63, 3.8) is 0 Å². The summed E-state index contributed by atoms with van der Waals surface area (Å²) >= 11 is 0. The third-order valence-corrected chi connectivity index (χ3v) is 4.15. The molecule has 0 aliphatic heterocycles. The van der Waals surface area contributed by atoms with Crippen LogP contribution in [0.25, 0.3) is 0 Å². The van der Waals surface area contributed by atoms with E-state index in [1.165, 1.54) is 20.3 Å². The first kappa shape index (κ1) is 20.3. The number of aryl methyl sites for hydroxylation is 1. The van der Waals surface area contributed by atoms with Gasteiger partial charge >= 0.3 is 5.97 Å². The monoisotopic (exact) mass is 371 g/mol. The Bertz CT molecular complexity index is 829. The minimum atomic E-state index is -0.611. The van der Waals surface area contributed by atoms with Gasteiger partial charge in [-0.3, -0.25) is 4.79 Å². The highest BCUT2D eigenvalue weighted by molar-refractivity contribution is 5.96. The second-order valence-corrected chi connectivity index (χ2v) is 6.39. The Morgan fingerprint density at radius 3 is 2.37 bits per heavy atom. The van der Waals surface area contributed by atoms with E-state index in [4.69, 9.17) is 14.2 Å². The molecule has 0 radical (unpaired) electrons. The van der Waals surface area contributed by atoms with Crippen LogP contribution in [0.2, 0.25) is 0 Å². The molecule has 2 rings (SSSR count). The van der Waals surface area contributed by atoms with Crippen LogP contribution in [0.1, 0.15) is 41.3 Å². The Morgan fingerprint density at radius 1 is 1.04 bits per heavy atom. The minimum Gasteiger partial charge on any atom is -0.493 e. The number of anilines is 1. The molecule has 6 nitrogen and oxygen atoms in total. The molecule has 0 heterocycles. The van der Waals surface area contributed by atoms with Gasteiger partial charge in [0.05, 0.1) is 19.8 Å². The van der Waals surface area contributed by atoms with Crippen molar-refractivity contribution >= 4 is 17.6 Å². The standard InChI is InChI=1S/C21H25NO5/c1-13(2)16-8-6-7-14(3)20(16)22-19(23)12-27-21(24)15-9-10-17(25-4)18(11-15)26-5/h6-11,13H,12H2,1-5H3,(H,22,23). The highest BCUT2D eigenvalue weighted by atomic mass is 16.5. The highest BCUT2D eigenvalue weighted by Crippen LogP contribution is 2.28. The molecule has 0 aliphatic rings. The van der Waals surface area contributed by atoms with Crippen molar-refractivity contribution in [1.29, 1.82) is 0 Å². The number of carbonyl (C=O) groups is 2. The van der Waals surface area contributed by atoms with Crippen molar-refractivity contribution < 1.29 is 23.8 Å². The van der Waals surface area contributed by atoms with Crippen molar-refractivity contribution in [2.75, 3.05) is 26.1 Å². The van der Waals surface area contributed by atoms with Crippen molar-refractivity contribution in [2.24, 2.45) is 0 Å². The number of rotatable bonds is 7. The average Bonchev–Trinajstić information content (AvgIpc) is 2.66. The quantitative estimate of drug-likeness (QED) is 0.747. The lowest BCUT2D eigenvalue weighted by molar-refractivity contribution is -0.119. The van der Waals surface area contributed by atoms with Crippen LogP contribution in [0.4, 0.5) is 5.69 Å². The van der Waals surface area contributed by atoms with Gasteiger partial charge in [0.15, 0.2) is 18.1 Å². The summed E-state index contributed by atoms with van der Waals surface area (Å²) < 4.78 is 15.4. The molecule has 0 saturated carbocycles. The van der Waals surface area contributed by atoms with Gasteiger partial charge in [0.25, 0.3) is 5.91 Å². The van der Waals surface area contributed by atoms with E-state index >= 15 is 0 Å². The summed E-state index contributed by atoms with van der Waals surface area (Å²) in [5.74, 6) is 0.181. The summed E-state index contributed by atoms with van der Waals surface area (Å²) in [5, 5.41) is 2.85. The fourth-order valence-corrected chi connectivity index (χ4v) is 2.70. The number of methoxy groups -OCH3 is 2. The Kier molecular flexibility index (Phi) is 6.82. The largest absolute Gasteiger partial charge is 0.493 e. The van der Waals surface area contributed by atoms with E-state index in [9.17, 15) is 9.59 Å². The molecular weight excluding hydrogens is 346 g/mol. The molecule has 0 bridgehead atoms. The number of hydrogen-bond donors (Lipinski definition) is 1. The van der Waals surface area contributed by atoms with Crippen molar-refractivity contribution in [2.45, 2.75) is 26.7 Å². The van der Waals surface area contributed by atoms with E-state index in [1.54, 1.807) is 12.1 Å². The van der Waals surface area contributed by atoms with E-state index in [0.29, 0.717) is 11.5 Å². The van der Waals surface area contributed by atoms with Crippen LogP contribution in [-0.4, -0.2) is 32.7 Å². The van der Waals surface area contributed by atoms with Crippen LogP contribution < -0.4 is 14.8 Å². The van der Waals surface area contributed by atoms with E-state index in [0.717, 1.165) is 16.8 Å². The van der Waals surface area contributed by atoms with E-state index in [2.05, 4.69) is 19.2 Å². The summed E-state index contributed by atoms with van der Waals surface area (Å²) in [6.45, 7) is 5.67. The number of amides is 1. The Hall–Kier alpha value is -3.02.